The van der Waals surface area contributed by atoms with Crippen LogP contribution in [0.2, 0.25) is 0 Å². The van der Waals surface area contributed by atoms with E-state index in [1.807, 2.05) is 0 Å². The van der Waals surface area contributed by atoms with E-state index in [1.54, 1.807) is 0 Å². The Morgan fingerprint density at radius 3 is 0.946 bits per heavy atom. The van der Waals surface area contributed by atoms with E-state index in [4.69, 9.17) is 0 Å². The fraction of sp³-hybridized carbons (Fsp3) is 0.944. The van der Waals surface area contributed by atoms with Gasteiger partial charge in [-0.05, 0) is 31.3 Å². The Balaban J connectivity index is 3.33. The molecule has 0 radical (unpaired) electrons. The SMILES string of the molecule is CCCCCCCCCCCCCCCCCC=C(CO)CCCCCCCCCCCCCCCC. The minimum Gasteiger partial charge on any atom is -0.392 e. The minimum absolute atomic E-state index is 0.275. The molecule has 0 saturated heterocycles. The molecule has 1 heteroatoms. The van der Waals surface area contributed by atoms with Gasteiger partial charge in [0.2, 0.25) is 0 Å². The van der Waals surface area contributed by atoms with Crippen molar-refractivity contribution in [1.29, 1.82) is 0 Å². The molecule has 0 atom stereocenters. The molecule has 0 unspecified atom stereocenters. The molecule has 0 saturated carbocycles. The highest BCUT2D eigenvalue weighted by Gasteiger charge is 1.99. The van der Waals surface area contributed by atoms with Crippen LogP contribution in [-0.4, -0.2) is 11.7 Å². The van der Waals surface area contributed by atoms with Crippen LogP contribution >= 0.6 is 0 Å². The molecule has 0 aromatic carbocycles. The van der Waals surface area contributed by atoms with Crippen LogP contribution < -0.4 is 0 Å². The summed E-state index contributed by atoms with van der Waals surface area (Å²) in [7, 11) is 0. The van der Waals surface area contributed by atoms with Crippen molar-refractivity contribution in [3.63, 3.8) is 0 Å². The Labute approximate surface area is 236 Å². The van der Waals surface area contributed by atoms with Crippen molar-refractivity contribution in [3.8, 4) is 0 Å². The third kappa shape index (κ3) is 31.8. The fourth-order valence-electron chi connectivity index (χ4n) is 5.61. The number of unbranched alkanes of at least 4 members (excludes halogenated alkanes) is 28. The molecule has 0 aromatic heterocycles. The van der Waals surface area contributed by atoms with Gasteiger partial charge < -0.3 is 5.11 Å². The second kappa shape index (κ2) is 33.7. The molecule has 0 amide bonds. The van der Waals surface area contributed by atoms with E-state index in [0.717, 1.165) is 6.42 Å². The van der Waals surface area contributed by atoms with Gasteiger partial charge in [0.25, 0.3) is 0 Å². The minimum atomic E-state index is 0.275. The first-order chi connectivity index (χ1) is 18.3. The molecule has 1 N–H and O–H groups in total. The summed E-state index contributed by atoms with van der Waals surface area (Å²) >= 11 is 0. The lowest BCUT2D eigenvalue weighted by atomic mass is 10.0. The van der Waals surface area contributed by atoms with Gasteiger partial charge >= 0.3 is 0 Å². The first kappa shape index (κ1) is 36.7. The van der Waals surface area contributed by atoms with Gasteiger partial charge in [0.1, 0.15) is 0 Å². The topological polar surface area (TPSA) is 20.2 Å². The zero-order valence-corrected chi connectivity index (χ0v) is 26.2. The van der Waals surface area contributed by atoms with Gasteiger partial charge in [-0.3, -0.25) is 0 Å². The zero-order valence-electron chi connectivity index (χ0n) is 26.2. The van der Waals surface area contributed by atoms with Crippen molar-refractivity contribution in [2.45, 2.75) is 213 Å². The van der Waals surface area contributed by atoms with Crippen molar-refractivity contribution in [1.82, 2.24) is 0 Å². The highest BCUT2D eigenvalue weighted by Crippen LogP contribution is 2.17. The molecule has 0 aliphatic carbocycles. The smallest absolute Gasteiger partial charge is 0.0641 e. The van der Waals surface area contributed by atoms with Gasteiger partial charge in [0, 0.05) is 0 Å². The van der Waals surface area contributed by atoms with E-state index in [9.17, 15) is 5.11 Å². The maximum absolute atomic E-state index is 9.69. The maximum Gasteiger partial charge on any atom is 0.0641 e. The third-order valence-electron chi connectivity index (χ3n) is 8.30. The Bertz CT molecular complexity index is 426. The van der Waals surface area contributed by atoms with Crippen molar-refractivity contribution < 1.29 is 5.11 Å². The van der Waals surface area contributed by atoms with Gasteiger partial charge in [-0.2, -0.15) is 0 Å². The van der Waals surface area contributed by atoms with Crippen LogP contribution in [0, 0.1) is 0 Å². The molecule has 0 rings (SSSR count). The lowest BCUT2D eigenvalue weighted by Gasteiger charge is -2.06. The standard InChI is InChI=1S/C36H72O/c1-3-5-7-9-11-13-15-17-19-20-22-24-26-28-30-32-34-36(35-37)33-31-29-27-25-23-21-18-16-14-12-10-8-6-4-2/h34,37H,3-33,35H2,1-2H3. The van der Waals surface area contributed by atoms with Crippen molar-refractivity contribution in [3.05, 3.63) is 11.6 Å². The number of hydrogen-bond donors (Lipinski definition) is 1. The number of rotatable bonds is 32. The summed E-state index contributed by atoms with van der Waals surface area (Å²) in [4.78, 5) is 0. The summed E-state index contributed by atoms with van der Waals surface area (Å²) < 4.78 is 0. The van der Waals surface area contributed by atoms with Gasteiger partial charge in [0.15, 0.2) is 0 Å². The molecule has 0 aliphatic rings. The normalized spacial score (nSPS) is 12.0. The molecular weight excluding hydrogens is 448 g/mol. The molecule has 0 aromatic rings. The lowest BCUT2D eigenvalue weighted by molar-refractivity contribution is 0.324. The molecule has 0 bridgehead atoms. The second-order valence-corrected chi connectivity index (χ2v) is 12.1. The maximum atomic E-state index is 9.69. The molecule has 222 valence electrons. The van der Waals surface area contributed by atoms with E-state index in [0.29, 0.717) is 0 Å². The highest BCUT2D eigenvalue weighted by molar-refractivity contribution is 5.01. The average Bonchev–Trinajstić information content (AvgIpc) is 2.91. The summed E-state index contributed by atoms with van der Waals surface area (Å²) in [6.07, 6.45) is 45.8. The van der Waals surface area contributed by atoms with Gasteiger partial charge in [-0.15, -0.1) is 0 Å². The van der Waals surface area contributed by atoms with Gasteiger partial charge in [-0.25, -0.2) is 0 Å². The van der Waals surface area contributed by atoms with Crippen molar-refractivity contribution in [2.24, 2.45) is 0 Å². The molecule has 0 spiro atoms. The highest BCUT2D eigenvalue weighted by atomic mass is 16.3. The molecule has 0 heterocycles. The number of allylic oxidation sites excluding steroid dienone is 1. The average molecular weight is 521 g/mol. The Kier molecular flexibility index (Phi) is 33.5. The van der Waals surface area contributed by atoms with Gasteiger partial charge in [-0.1, -0.05) is 193 Å². The lowest BCUT2D eigenvalue weighted by Crippen LogP contribution is -1.92. The van der Waals surface area contributed by atoms with Crippen LogP contribution in [0.25, 0.3) is 0 Å². The first-order valence-electron chi connectivity index (χ1n) is 17.6. The van der Waals surface area contributed by atoms with E-state index in [2.05, 4.69) is 19.9 Å². The van der Waals surface area contributed by atoms with E-state index in [1.165, 1.54) is 198 Å². The van der Waals surface area contributed by atoms with Crippen LogP contribution in [-0.2, 0) is 0 Å². The van der Waals surface area contributed by atoms with E-state index < -0.39 is 0 Å². The summed E-state index contributed by atoms with van der Waals surface area (Å²) in [5.41, 5.74) is 1.30. The summed E-state index contributed by atoms with van der Waals surface area (Å²) in [6.45, 7) is 4.87. The second-order valence-electron chi connectivity index (χ2n) is 12.1. The molecular formula is C36H72O. The monoisotopic (exact) mass is 521 g/mol. The molecule has 37 heavy (non-hydrogen) atoms. The summed E-state index contributed by atoms with van der Waals surface area (Å²) in [5.74, 6) is 0. The fourth-order valence-corrected chi connectivity index (χ4v) is 5.61. The summed E-state index contributed by atoms with van der Waals surface area (Å²) in [6, 6.07) is 0. The first-order valence-corrected chi connectivity index (χ1v) is 17.6. The van der Waals surface area contributed by atoms with Crippen molar-refractivity contribution in [2.75, 3.05) is 6.61 Å². The van der Waals surface area contributed by atoms with Crippen LogP contribution in [0.5, 0.6) is 0 Å². The van der Waals surface area contributed by atoms with E-state index in [-0.39, 0.29) is 6.61 Å². The van der Waals surface area contributed by atoms with Crippen molar-refractivity contribution >= 4 is 0 Å². The summed E-state index contributed by atoms with van der Waals surface area (Å²) in [5, 5.41) is 9.69. The Hall–Kier alpha value is -0.300. The number of hydrogen-bond acceptors (Lipinski definition) is 1. The Morgan fingerprint density at radius 1 is 0.378 bits per heavy atom. The van der Waals surface area contributed by atoms with Crippen LogP contribution in [0.15, 0.2) is 11.6 Å². The van der Waals surface area contributed by atoms with Crippen LogP contribution in [0.4, 0.5) is 0 Å². The quantitative estimate of drug-likeness (QED) is 0.0690. The number of aliphatic hydroxyl groups is 1. The van der Waals surface area contributed by atoms with Crippen LogP contribution in [0.1, 0.15) is 213 Å². The molecule has 1 nitrogen and oxygen atoms in total. The molecule has 0 fully saturated rings. The predicted molar refractivity (Wildman–Crippen MR) is 170 cm³/mol. The zero-order chi connectivity index (χ0) is 26.9. The van der Waals surface area contributed by atoms with Gasteiger partial charge in [0.05, 0.1) is 6.61 Å². The largest absolute Gasteiger partial charge is 0.392 e. The Morgan fingerprint density at radius 2 is 0.649 bits per heavy atom. The van der Waals surface area contributed by atoms with Crippen LogP contribution in [0.3, 0.4) is 0 Å². The third-order valence-corrected chi connectivity index (χ3v) is 8.30. The molecule has 0 aliphatic heterocycles. The van der Waals surface area contributed by atoms with E-state index >= 15 is 0 Å². The number of aliphatic hydroxyl groups excluding tert-OH is 1. The predicted octanol–water partition coefficient (Wildman–Crippen LogP) is 13.0.